The van der Waals surface area contributed by atoms with Crippen LogP contribution in [0, 0.1) is 0 Å². The van der Waals surface area contributed by atoms with E-state index in [0.29, 0.717) is 5.69 Å². The van der Waals surface area contributed by atoms with Crippen LogP contribution in [0.15, 0.2) is 23.7 Å². The Kier molecular flexibility index (Phi) is 3.38. The number of carbonyl (C=O) groups excluding carboxylic acids is 2. The monoisotopic (exact) mass is 325 g/mol. The Morgan fingerprint density at radius 2 is 2.24 bits per heavy atom. The number of anilines is 1. The van der Waals surface area contributed by atoms with Crippen molar-refractivity contribution in [1.29, 1.82) is 0 Å². The predicted molar refractivity (Wildman–Crippen MR) is 78.8 cm³/mol. The van der Waals surface area contributed by atoms with Crippen LogP contribution in [0.2, 0.25) is 0 Å². The lowest BCUT2D eigenvalue weighted by molar-refractivity contribution is -0.125. The van der Waals surface area contributed by atoms with Gasteiger partial charge in [0.25, 0.3) is 0 Å². The van der Waals surface area contributed by atoms with E-state index in [9.17, 15) is 18.0 Å². The van der Waals surface area contributed by atoms with E-state index >= 15 is 0 Å². The Bertz CT molecular complexity index is 828. The summed E-state index contributed by atoms with van der Waals surface area (Å²) in [6.07, 6.45) is 0. The quantitative estimate of drug-likeness (QED) is 0.817. The molecule has 1 aliphatic heterocycles. The lowest BCUT2D eigenvalue weighted by atomic mass is 10.2. The Hall–Kier alpha value is -2.00. The van der Waals surface area contributed by atoms with E-state index < -0.39 is 33.4 Å². The van der Waals surface area contributed by atoms with Crippen molar-refractivity contribution in [3.63, 3.8) is 0 Å². The average molecular weight is 325 g/mol. The number of benzene rings is 1. The summed E-state index contributed by atoms with van der Waals surface area (Å²) in [7, 11) is -3.52. The molecule has 2 aromatic rings. The summed E-state index contributed by atoms with van der Waals surface area (Å²) in [4.78, 5) is 27.5. The fraction of sp³-hybridized carbons (Fsp3) is 0.250. The van der Waals surface area contributed by atoms with Crippen LogP contribution in [0.25, 0.3) is 10.2 Å². The molecule has 0 saturated carbocycles. The fourth-order valence-corrected chi connectivity index (χ4v) is 4.15. The van der Waals surface area contributed by atoms with Gasteiger partial charge in [-0.1, -0.05) is 0 Å². The minimum Gasteiger partial charge on any atom is -0.342 e. The van der Waals surface area contributed by atoms with Gasteiger partial charge in [0.1, 0.15) is 11.8 Å². The number of thiazole rings is 1. The Balaban J connectivity index is 1.77. The Morgan fingerprint density at radius 3 is 3.00 bits per heavy atom. The maximum Gasteiger partial charge on any atom is 0.248 e. The standard InChI is InChI=1S/C12H11N3O4S2/c16-11-5-21(18,19)4-9(15-11)12(17)14-7-1-2-8-10(3-7)20-6-13-8/h1-3,6,9H,4-5H2,(H,14,17)(H,15,16). The van der Waals surface area contributed by atoms with Crippen molar-refractivity contribution >= 4 is 48.9 Å². The van der Waals surface area contributed by atoms with E-state index in [1.165, 1.54) is 11.3 Å². The first-order valence-electron chi connectivity index (χ1n) is 6.07. The third-order valence-corrected chi connectivity index (χ3v) is 5.36. The number of hydrogen-bond donors (Lipinski definition) is 2. The van der Waals surface area contributed by atoms with Gasteiger partial charge in [-0.25, -0.2) is 13.4 Å². The van der Waals surface area contributed by atoms with Gasteiger partial charge < -0.3 is 10.6 Å². The van der Waals surface area contributed by atoms with Crippen molar-refractivity contribution in [3.05, 3.63) is 23.7 Å². The highest BCUT2D eigenvalue weighted by atomic mass is 32.2. The fourth-order valence-electron chi connectivity index (χ4n) is 2.09. The van der Waals surface area contributed by atoms with Crippen molar-refractivity contribution in [1.82, 2.24) is 10.3 Å². The van der Waals surface area contributed by atoms with E-state index in [4.69, 9.17) is 0 Å². The van der Waals surface area contributed by atoms with Gasteiger partial charge in [0.2, 0.25) is 11.8 Å². The van der Waals surface area contributed by atoms with Crippen LogP contribution in [0.3, 0.4) is 0 Å². The second kappa shape index (κ2) is 5.08. The minimum absolute atomic E-state index is 0.382. The smallest absolute Gasteiger partial charge is 0.248 e. The maximum atomic E-state index is 12.1. The van der Waals surface area contributed by atoms with Crippen LogP contribution < -0.4 is 10.6 Å². The summed E-state index contributed by atoms with van der Waals surface area (Å²) in [5.41, 5.74) is 3.06. The van der Waals surface area contributed by atoms with Gasteiger partial charge in [0, 0.05) is 5.69 Å². The summed E-state index contributed by atoms with van der Waals surface area (Å²) < 4.78 is 24.0. The molecule has 110 valence electrons. The van der Waals surface area contributed by atoms with Crippen molar-refractivity contribution in [3.8, 4) is 0 Å². The SMILES string of the molecule is O=C1CS(=O)(=O)CC(C(=O)Nc2ccc3ncsc3c2)N1. The molecule has 0 aliphatic carbocycles. The molecule has 9 heteroatoms. The lowest BCUT2D eigenvalue weighted by Crippen LogP contribution is -2.54. The van der Waals surface area contributed by atoms with Crippen LogP contribution in [-0.4, -0.2) is 42.8 Å². The molecule has 0 radical (unpaired) electrons. The second-order valence-corrected chi connectivity index (χ2v) is 7.69. The van der Waals surface area contributed by atoms with Gasteiger partial charge in [0.05, 0.1) is 21.5 Å². The summed E-state index contributed by atoms with van der Waals surface area (Å²) in [6, 6.07) is 4.13. The first-order chi connectivity index (χ1) is 9.93. The highest BCUT2D eigenvalue weighted by Gasteiger charge is 2.34. The molecule has 1 aromatic heterocycles. The van der Waals surface area contributed by atoms with Crippen LogP contribution in [0.1, 0.15) is 0 Å². The Morgan fingerprint density at radius 1 is 1.43 bits per heavy atom. The largest absolute Gasteiger partial charge is 0.342 e. The average Bonchev–Trinajstić information content (AvgIpc) is 2.83. The molecule has 7 nitrogen and oxygen atoms in total. The molecule has 1 aliphatic rings. The predicted octanol–water partition coefficient (Wildman–Crippen LogP) is 0.148. The molecule has 1 atom stereocenters. The van der Waals surface area contributed by atoms with Crippen molar-refractivity contribution < 1.29 is 18.0 Å². The van der Waals surface area contributed by atoms with Crippen LogP contribution in [0.5, 0.6) is 0 Å². The van der Waals surface area contributed by atoms with E-state index in [2.05, 4.69) is 15.6 Å². The van der Waals surface area contributed by atoms with Gasteiger partial charge >= 0.3 is 0 Å². The lowest BCUT2D eigenvalue weighted by Gasteiger charge is -2.22. The minimum atomic E-state index is -3.52. The van der Waals surface area contributed by atoms with E-state index in [1.807, 2.05) is 0 Å². The molecule has 1 saturated heterocycles. The molecule has 1 unspecified atom stereocenters. The highest BCUT2D eigenvalue weighted by molar-refractivity contribution is 7.92. The number of nitrogens with zero attached hydrogens (tertiary/aromatic N) is 1. The molecular formula is C12H11N3O4S2. The summed E-state index contributed by atoms with van der Waals surface area (Å²) in [5.74, 6) is -2.15. The van der Waals surface area contributed by atoms with Gasteiger partial charge in [-0.05, 0) is 18.2 Å². The molecular weight excluding hydrogens is 314 g/mol. The molecule has 0 spiro atoms. The normalized spacial score (nSPS) is 21.0. The van der Waals surface area contributed by atoms with Crippen molar-refractivity contribution in [2.45, 2.75) is 6.04 Å². The van der Waals surface area contributed by atoms with Gasteiger partial charge in [0.15, 0.2) is 9.84 Å². The summed E-state index contributed by atoms with van der Waals surface area (Å²) in [5, 5.41) is 5.00. The Labute approximate surface area is 124 Å². The first-order valence-corrected chi connectivity index (χ1v) is 8.77. The van der Waals surface area contributed by atoms with Gasteiger partial charge in [-0.2, -0.15) is 0 Å². The maximum absolute atomic E-state index is 12.1. The molecule has 2 heterocycles. The molecule has 21 heavy (non-hydrogen) atoms. The second-order valence-electron chi connectivity index (χ2n) is 4.70. The number of carbonyl (C=O) groups is 2. The third-order valence-electron chi connectivity index (χ3n) is 3.02. The number of rotatable bonds is 2. The van der Waals surface area contributed by atoms with Crippen LogP contribution in [-0.2, 0) is 19.4 Å². The van der Waals surface area contributed by atoms with E-state index in [1.54, 1.807) is 23.7 Å². The molecule has 1 aromatic carbocycles. The molecule has 1 fully saturated rings. The van der Waals surface area contributed by atoms with Crippen LogP contribution >= 0.6 is 11.3 Å². The zero-order valence-corrected chi connectivity index (χ0v) is 12.3. The topological polar surface area (TPSA) is 105 Å². The molecule has 0 bridgehead atoms. The number of fused-ring (bicyclic) bond motifs is 1. The zero-order valence-electron chi connectivity index (χ0n) is 10.7. The molecule has 3 rings (SSSR count). The van der Waals surface area contributed by atoms with Gasteiger partial charge in [-0.15, -0.1) is 11.3 Å². The summed E-state index contributed by atoms with van der Waals surface area (Å²) >= 11 is 1.44. The number of amides is 2. The first kappa shape index (κ1) is 14.0. The third kappa shape index (κ3) is 3.03. The van der Waals surface area contributed by atoms with Crippen molar-refractivity contribution in [2.24, 2.45) is 0 Å². The number of hydrogen-bond acceptors (Lipinski definition) is 6. The molecule has 2 amide bonds. The zero-order chi connectivity index (χ0) is 15.0. The van der Waals surface area contributed by atoms with E-state index in [0.717, 1.165) is 10.2 Å². The van der Waals surface area contributed by atoms with Crippen molar-refractivity contribution in [2.75, 3.05) is 16.8 Å². The van der Waals surface area contributed by atoms with Crippen LogP contribution in [0.4, 0.5) is 5.69 Å². The van der Waals surface area contributed by atoms with E-state index in [-0.39, 0.29) is 5.75 Å². The van der Waals surface area contributed by atoms with Gasteiger partial charge in [-0.3, -0.25) is 9.59 Å². The number of nitrogens with one attached hydrogen (secondary N) is 2. The number of sulfone groups is 1. The highest BCUT2D eigenvalue weighted by Crippen LogP contribution is 2.22. The summed E-state index contributed by atoms with van der Waals surface area (Å²) in [6.45, 7) is 0. The molecule has 2 N–H and O–H groups in total. The number of aromatic nitrogens is 1.